The Morgan fingerprint density at radius 3 is 2.72 bits per heavy atom. The highest BCUT2D eigenvalue weighted by Crippen LogP contribution is 2.40. The second kappa shape index (κ2) is 5.02. The molecule has 0 saturated heterocycles. The van der Waals surface area contributed by atoms with Gasteiger partial charge in [-0.15, -0.1) is 0 Å². The zero-order valence-corrected chi connectivity index (χ0v) is 14.6. The van der Waals surface area contributed by atoms with Crippen molar-refractivity contribution in [3.63, 3.8) is 0 Å². The summed E-state index contributed by atoms with van der Waals surface area (Å²) in [5, 5.41) is 11.3. The minimum absolute atomic E-state index is 0.0785. The van der Waals surface area contributed by atoms with E-state index in [2.05, 4.69) is 0 Å². The largest absolute Gasteiger partial charge is 0.507 e. The summed E-state index contributed by atoms with van der Waals surface area (Å²) in [7, 11) is 3.44. The lowest BCUT2D eigenvalue weighted by Crippen LogP contribution is -2.28. The summed E-state index contributed by atoms with van der Waals surface area (Å²) >= 11 is 0. The summed E-state index contributed by atoms with van der Waals surface area (Å²) in [5.74, 6) is 1.09. The molecule has 2 aromatic carbocycles. The van der Waals surface area contributed by atoms with Crippen LogP contribution in [0.5, 0.6) is 17.2 Å². The van der Waals surface area contributed by atoms with Crippen LogP contribution in [-0.2, 0) is 7.05 Å². The van der Waals surface area contributed by atoms with E-state index in [0.717, 1.165) is 11.1 Å². The molecular weight excluding hydrogens is 318 g/mol. The van der Waals surface area contributed by atoms with Crippen LogP contribution in [0.15, 0.2) is 35.1 Å². The SMILES string of the molecule is COc1ccc2c(c1)c(=O)c1c(O)cc3c(c1n2C)C=CC(C)(C)O3. The van der Waals surface area contributed by atoms with E-state index in [-0.39, 0.29) is 16.6 Å². The zero-order valence-electron chi connectivity index (χ0n) is 14.6. The van der Waals surface area contributed by atoms with Crippen LogP contribution in [0.1, 0.15) is 19.4 Å². The molecule has 0 radical (unpaired) electrons. The molecule has 0 spiro atoms. The maximum Gasteiger partial charge on any atom is 0.201 e. The van der Waals surface area contributed by atoms with Gasteiger partial charge in [-0.25, -0.2) is 0 Å². The first-order valence-electron chi connectivity index (χ1n) is 8.07. The fourth-order valence-electron chi connectivity index (χ4n) is 3.44. The molecule has 0 saturated carbocycles. The van der Waals surface area contributed by atoms with E-state index < -0.39 is 5.60 Å². The van der Waals surface area contributed by atoms with Crippen molar-refractivity contribution in [2.45, 2.75) is 19.4 Å². The highest BCUT2D eigenvalue weighted by Gasteiger charge is 2.26. The molecule has 0 amide bonds. The molecule has 1 N–H and O–H groups in total. The molecule has 5 nitrogen and oxygen atoms in total. The van der Waals surface area contributed by atoms with Gasteiger partial charge in [0.25, 0.3) is 0 Å². The van der Waals surface area contributed by atoms with E-state index in [9.17, 15) is 9.90 Å². The van der Waals surface area contributed by atoms with E-state index in [1.54, 1.807) is 13.2 Å². The Bertz CT molecular complexity index is 1120. The Hall–Kier alpha value is -2.95. The van der Waals surface area contributed by atoms with Gasteiger partial charge < -0.3 is 19.1 Å². The van der Waals surface area contributed by atoms with Crippen molar-refractivity contribution in [3.05, 3.63) is 46.1 Å². The summed E-state index contributed by atoms with van der Waals surface area (Å²) in [4.78, 5) is 13.0. The summed E-state index contributed by atoms with van der Waals surface area (Å²) in [5.41, 5.74) is 1.54. The molecule has 2 heterocycles. The molecule has 0 bridgehead atoms. The number of fused-ring (bicyclic) bond motifs is 4. The van der Waals surface area contributed by atoms with Gasteiger partial charge in [-0.2, -0.15) is 0 Å². The number of pyridine rings is 1. The van der Waals surface area contributed by atoms with Crippen LogP contribution in [0, 0.1) is 0 Å². The fraction of sp³-hybridized carbons (Fsp3) is 0.250. The Morgan fingerprint density at radius 2 is 2.00 bits per heavy atom. The number of aromatic hydroxyl groups is 1. The Kier molecular flexibility index (Phi) is 3.13. The maximum atomic E-state index is 13.0. The summed E-state index contributed by atoms with van der Waals surface area (Å²) in [6, 6.07) is 6.89. The number of rotatable bonds is 1. The average molecular weight is 337 g/mol. The normalized spacial score (nSPS) is 15.2. The molecule has 4 rings (SSSR count). The van der Waals surface area contributed by atoms with E-state index in [0.29, 0.717) is 22.4 Å². The number of hydrogen-bond acceptors (Lipinski definition) is 4. The third-order valence-electron chi connectivity index (χ3n) is 4.68. The monoisotopic (exact) mass is 337 g/mol. The molecule has 0 aliphatic carbocycles. The number of phenols is 1. The number of phenolic OH excluding ortho intramolecular Hbond substituents is 1. The zero-order chi connectivity index (χ0) is 17.9. The van der Waals surface area contributed by atoms with Gasteiger partial charge in [0.15, 0.2) is 0 Å². The Labute approximate surface area is 144 Å². The van der Waals surface area contributed by atoms with Crippen molar-refractivity contribution >= 4 is 27.9 Å². The standard InChI is InChI=1S/C20H19NO4/c1-20(2)8-7-12-16(25-20)10-15(22)17-18(12)21(3)14-6-5-11(24-4)9-13(14)19(17)23/h5-10,22H,1-4H3. The second-order valence-corrected chi connectivity index (χ2v) is 6.84. The second-order valence-electron chi connectivity index (χ2n) is 6.84. The number of aromatic nitrogens is 1. The van der Waals surface area contributed by atoms with E-state index in [1.165, 1.54) is 6.07 Å². The van der Waals surface area contributed by atoms with Crippen molar-refractivity contribution in [2.24, 2.45) is 7.05 Å². The summed E-state index contributed by atoms with van der Waals surface area (Å²) < 4.78 is 13.1. The third-order valence-corrected chi connectivity index (χ3v) is 4.68. The van der Waals surface area contributed by atoms with Gasteiger partial charge in [-0.05, 0) is 44.2 Å². The van der Waals surface area contributed by atoms with Crippen molar-refractivity contribution < 1.29 is 14.6 Å². The first-order chi connectivity index (χ1) is 11.8. The van der Waals surface area contributed by atoms with Crippen LogP contribution >= 0.6 is 0 Å². The highest BCUT2D eigenvalue weighted by atomic mass is 16.5. The highest BCUT2D eigenvalue weighted by molar-refractivity contribution is 6.02. The topological polar surface area (TPSA) is 60.7 Å². The van der Waals surface area contributed by atoms with Crippen molar-refractivity contribution in [3.8, 4) is 17.2 Å². The molecule has 1 aliphatic heterocycles. The Morgan fingerprint density at radius 1 is 1.24 bits per heavy atom. The average Bonchev–Trinajstić information content (AvgIpc) is 2.57. The molecule has 1 aliphatic rings. The van der Waals surface area contributed by atoms with E-state index >= 15 is 0 Å². The lowest BCUT2D eigenvalue weighted by molar-refractivity contribution is 0.159. The molecule has 5 heteroatoms. The number of methoxy groups -OCH3 is 1. The lowest BCUT2D eigenvalue weighted by Gasteiger charge is -2.29. The molecule has 1 aromatic heterocycles. The molecular formula is C20H19NO4. The minimum Gasteiger partial charge on any atom is -0.507 e. The van der Waals surface area contributed by atoms with Gasteiger partial charge in [0.05, 0.1) is 28.9 Å². The first-order valence-corrected chi connectivity index (χ1v) is 8.07. The van der Waals surface area contributed by atoms with Crippen LogP contribution in [-0.4, -0.2) is 22.4 Å². The van der Waals surface area contributed by atoms with E-state index in [1.807, 2.05) is 49.7 Å². The van der Waals surface area contributed by atoms with Crippen LogP contribution in [0.2, 0.25) is 0 Å². The number of ether oxygens (including phenoxy) is 2. The maximum absolute atomic E-state index is 13.0. The predicted octanol–water partition coefficient (Wildman–Crippen LogP) is 3.59. The number of hydrogen-bond donors (Lipinski definition) is 1. The van der Waals surface area contributed by atoms with Gasteiger partial charge in [0.2, 0.25) is 5.43 Å². The first kappa shape index (κ1) is 15.6. The number of benzene rings is 2. The van der Waals surface area contributed by atoms with Crippen LogP contribution in [0.4, 0.5) is 0 Å². The van der Waals surface area contributed by atoms with Crippen molar-refractivity contribution in [1.29, 1.82) is 0 Å². The number of aryl methyl sites for hydroxylation is 1. The predicted molar refractivity (Wildman–Crippen MR) is 98.7 cm³/mol. The van der Waals surface area contributed by atoms with Crippen LogP contribution in [0.3, 0.4) is 0 Å². The van der Waals surface area contributed by atoms with Crippen LogP contribution < -0.4 is 14.9 Å². The quantitative estimate of drug-likeness (QED) is 0.689. The summed E-state index contributed by atoms with van der Waals surface area (Å²) in [6.07, 6.45) is 3.91. The smallest absolute Gasteiger partial charge is 0.201 e. The molecule has 0 fully saturated rings. The molecule has 0 unspecified atom stereocenters. The molecule has 25 heavy (non-hydrogen) atoms. The van der Waals surface area contributed by atoms with E-state index in [4.69, 9.17) is 9.47 Å². The third kappa shape index (κ3) is 2.19. The molecule has 0 atom stereocenters. The Balaban J connectivity index is 2.20. The summed E-state index contributed by atoms with van der Waals surface area (Å²) in [6.45, 7) is 3.89. The fourth-order valence-corrected chi connectivity index (χ4v) is 3.44. The van der Waals surface area contributed by atoms with Crippen molar-refractivity contribution in [2.75, 3.05) is 7.11 Å². The van der Waals surface area contributed by atoms with Gasteiger partial charge in [0, 0.05) is 18.7 Å². The molecule has 128 valence electrons. The minimum atomic E-state index is -0.462. The van der Waals surface area contributed by atoms with Gasteiger partial charge in [0.1, 0.15) is 22.8 Å². The van der Waals surface area contributed by atoms with Gasteiger partial charge in [-0.1, -0.05) is 0 Å². The number of nitrogens with zero attached hydrogens (tertiary/aromatic N) is 1. The molecule has 3 aromatic rings. The van der Waals surface area contributed by atoms with Gasteiger partial charge in [-0.3, -0.25) is 4.79 Å². The van der Waals surface area contributed by atoms with Crippen molar-refractivity contribution in [1.82, 2.24) is 4.57 Å². The van der Waals surface area contributed by atoms with Crippen LogP contribution in [0.25, 0.3) is 27.9 Å². The van der Waals surface area contributed by atoms with Gasteiger partial charge >= 0.3 is 0 Å². The lowest BCUT2D eigenvalue weighted by atomic mass is 9.98.